The number of rotatable bonds is 7. The summed E-state index contributed by atoms with van der Waals surface area (Å²) in [5, 5.41) is 13.5. The Morgan fingerprint density at radius 2 is 1.43 bits per heavy atom. The second kappa shape index (κ2) is 10.5. The normalized spacial score (nSPS) is 15.3. The SMILES string of the molecule is Cc1cc(C)nc(O[C@@](NC(=O)N2CCCCC2)(C(=O)O)C(c2ccccc2)c2ccccc2)n1. The zero-order valence-corrected chi connectivity index (χ0v) is 20.0. The number of ether oxygens (including phenoxy) is 1. The third-order valence-electron chi connectivity index (χ3n) is 6.14. The number of nitrogens with zero attached hydrogens (tertiary/aromatic N) is 3. The maximum atomic E-state index is 13.4. The quantitative estimate of drug-likeness (QED) is 0.495. The smallest absolute Gasteiger partial charge is 0.371 e. The Hall–Kier alpha value is -3.94. The fraction of sp³-hybridized carbons (Fsp3) is 0.333. The summed E-state index contributed by atoms with van der Waals surface area (Å²) in [6.07, 6.45) is 2.78. The summed E-state index contributed by atoms with van der Waals surface area (Å²) < 4.78 is 6.18. The van der Waals surface area contributed by atoms with Crippen molar-refractivity contribution in [1.82, 2.24) is 20.2 Å². The van der Waals surface area contributed by atoms with Crippen molar-refractivity contribution in [3.8, 4) is 6.01 Å². The van der Waals surface area contributed by atoms with Gasteiger partial charge in [0.1, 0.15) is 0 Å². The van der Waals surface area contributed by atoms with E-state index >= 15 is 0 Å². The van der Waals surface area contributed by atoms with E-state index in [0.717, 1.165) is 19.3 Å². The third-order valence-corrected chi connectivity index (χ3v) is 6.14. The lowest BCUT2D eigenvalue weighted by Crippen LogP contribution is -2.65. The number of urea groups is 1. The Balaban J connectivity index is 1.89. The van der Waals surface area contributed by atoms with Crippen LogP contribution in [0.3, 0.4) is 0 Å². The maximum Gasteiger partial charge on any atom is 0.371 e. The van der Waals surface area contributed by atoms with Crippen LogP contribution in [-0.2, 0) is 4.79 Å². The molecule has 0 bridgehead atoms. The zero-order chi connectivity index (χ0) is 24.8. The van der Waals surface area contributed by atoms with Crippen molar-refractivity contribution in [3.05, 3.63) is 89.2 Å². The summed E-state index contributed by atoms with van der Waals surface area (Å²) in [6, 6.07) is 19.5. The number of hydrogen-bond acceptors (Lipinski definition) is 5. The molecular formula is C27H30N4O4. The molecule has 1 aliphatic rings. The first kappa shape index (κ1) is 24.2. The molecule has 2 aromatic carbocycles. The Morgan fingerprint density at radius 3 is 1.91 bits per heavy atom. The molecule has 2 amide bonds. The fourth-order valence-corrected chi connectivity index (χ4v) is 4.55. The molecule has 1 fully saturated rings. The van der Waals surface area contributed by atoms with E-state index in [2.05, 4.69) is 15.3 Å². The summed E-state index contributed by atoms with van der Waals surface area (Å²) in [6.45, 7) is 4.68. The maximum absolute atomic E-state index is 13.4. The number of aryl methyl sites for hydroxylation is 2. The Kier molecular flexibility index (Phi) is 7.29. The summed E-state index contributed by atoms with van der Waals surface area (Å²) >= 11 is 0. The molecule has 2 heterocycles. The lowest BCUT2D eigenvalue weighted by atomic mass is 9.82. The van der Waals surface area contributed by atoms with E-state index < -0.39 is 23.6 Å². The number of aromatic nitrogens is 2. The van der Waals surface area contributed by atoms with Crippen LogP contribution in [0.4, 0.5) is 4.79 Å². The minimum Gasteiger partial charge on any atom is -0.477 e. The van der Waals surface area contributed by atoms with Crippen LogP contribution >= 0.6 is 0 Å². The van der Waals surface area contributed by atoms with Crippen molar-refractivity contribution >= 4 is 12.0 Å². The van der Waals surface area contributed by atoms with Gasteiger partial charge in [-0.3, -0.25) is 5.32 Å². The molecule has 8 heteroatoms. The van der Waals surface area contributed by atoms with Gasteiger partial charge in [-0.2, -0.15) is 0 Å². The van der Waals surface area contributed by atoms with E-state index in [1.807, 2.05) is 60.7 Å². The largest absolute Gasteiger partial charge is 0.477 e. The lowest BCUT2D eigenvalue weighted by Gasteiger charge is -2.39. The van der Waals surface area contributed by atoms with Crippen molar-refractivity contribution in [2.75, 3.05) is 13.1 Å². The number of aliphatic carboxylic acids is 1. The Bertz CT molecular complexity index is 1110. The monoisotopic (exact) mass is 474 g/mol. The number of carbonyl (C=O) groups excluding carboxylic acids is 1. The number of piperidine rings is 1. The van der Waals surface area contributed by atoms with Gasteiger partial charge in [-0.15, -0.1) is 0 Å². The number of nitrogens with one attached hydrogen (secondary N) is 1. The highest BCUT2D eigenvalue weighted by atomic mass is 16.6. The average molecular weight is 475 g/mol. The molecule has 1 saturated heterocycles. The third kappa shape index (κ3) is 5.42. The van der Waals surface area contributed by atoms with Crippen molar-refractivity contribution in [2.24, 2.45) is 0 Å². The molecule has 3 aromatic rings. The molecule has 35 heavy (non-hydrogen) atoms. The zero-order valence-electron chi connectivity index (χ0n) is 20.0. The average Bonchev–Trinajstić information content (AvgIpc) is 2.85. The van der Waals surface area contributed by atoms with Crippen LogP contribution in [-0.4, -0.2) is 50.8 Å². The van der Waals surface area contributed by atoms with Gasteiger partial charge in [-0.05, 0) is 50.3 Å². The van der Waals surface area contributed by atoms with Gasteiger partial charge >= 0.3 is 18.0 Å². The van der Waals surface area contributed by atoms with Crippen LogP contribution in [0.25, 0.3) is 0 Å². The van der Waals surface area contributed by atoms with Gasteiger partial charge in [0, 0.05) is 24.5 Å². The molecule has 0 unspecified atom stereocenters. The first-order chi connectivity index (χ1) is 16.9. The highest BCUT2D eigenvalue weighted by Gasteiger charge is 2.53. The van der Waals surface area contributed by atoms with Gasteiger partial charge in [0.05, 0.1) is 5.92 Å². The highest BCUT2D eigenvalue weighted by Crippen LogP contribution is 2.37. The highest BCUT2D eigenvalue weighted by molar-refractivity contribution is 5.87. The number of hydrogen-bond donors (Lipinski definition) is 2. The second-order valence-corrected chi connectivity index (χ2v) is 8.81. The number of carboxylic acids is 1. The summed E-state index contributed by atoms with van der Waals surface area (Å²) in [5.74, 6) is -2.23. The minimum absolute atomic E-state index is 0.110. The molecule has 1 aromatic heterocycles. The summed E-state index contributed by atoms with van der Waals surface area (Å²) in [4.78, 5) is 36.9. The molecule has 0 radical (unpaired) electrons. The number of likely N-dealkylation sites (tertiary alicyclic amines) is 1. The fourth-order valence-electron chi connectivity index (χ4n) is 4.55. The van der Waals surface area contributed by atoms with Gasteiger partial charge in [0.25, 0.3) is 5.72 Å². The molecule has 0 spiro atoms. The van der Waals surface area contributed by atoms with E-state index in [-0.39, 0.29) is 6.01 Å². The van der Waals surface area contributed by atoms with Crippen molar-refractivity contribution < 1.29 is 19.4 Å². The van der Waals surface area contributed by atoms with E-state index in [1.165, 1.54) is 0 Å². The van der Waals surface area contributed by atoms with Crippen LogP contribution in [0.1, 0.15) is 47.7 Å². The Labute approximate surface area is 205 Å². The molecule has 4 rings (SSSR count). The number of carbonyl (C=O) groups is 2. The van der Waals surface area contributed by atoms with E-state index in [4.69, 9.17) is 4.74 Å². The van der Waals surface area contributed by atoms with Crippen molar-refractivity contribution in [1.29, 1.82) is 0 Å². The van der Waals surface area contributed by atoms with Crippen LogP contribution < -0.4 is 10.1 Å². The van der Waals surface area contributed by atoms with Gasteiger partial charge < -0.3 is 14.7 Å². The van der Waals surface area contributed by atoms with E-state index in [1.54, 1.807) is 24.8 Å². The molecule has 1 aliphatic heterocycles. The summed E-state index contributed by atoms with van der Waals surface area (Å²) in [7, 11) is 0. The van der Waals surface area contributed by atoms with Crippen molar-refractivity contribution in [3.63, 3.8) is 0 Å². The van der Waals surface area contributed by atoms with Gasteiger partial charge in [-0.25, -0.2) is 19.6 Å². The lowest BCUT2D eigenvalue weighted by molar-refractivity contribution is -0.160. The van der Waals surface area contributed by atoms with Gasteiger partial charge in [0.15, 0.2) is 0 Å². The van der Waals surface area contributed by atoms with Crippen LogP contribution in [0.5, 0.6) is 6.01 Å². The van der Waals surface area contributed by atoms with Crippen LogP contribution in [0.2, 0.25) is 0 Å². The molecule has 2 N–H and O–H groups in total. The molecule has 8 nitrogen and oxygen atoms in total. The van der Waals surface area contributed by atoms with Gasteiger partial charge in [0.2, 0.25) is 0 Å². The topological polar surface area (TPSA) is 105 Å². The number of benzene rings is 2. The first-order valence-electron chi connectivity index (χ1n) is 11.8. The van der Waals surface area contributed by atoms with Gasteiger partial charge in [-0.1, -0.05) is 60.7 Å². The minimum atomic E-state index is -2.21. The first-order valence-corrected chi connectivity index (χ1v) is 11.8. The molecule has 0 saturated carbocycles. The number of amides is 2. The molecule has 182 valence electrons. The molecule has 1 atom stereocenters. The Morgan fingerprint density at radius 1 is 0.914 bits per heavy atom. The standard InChI is InChI=1S/C27H30N4O4/c1-19-18-20(2)29-25(28-19)35-27(24(32)33,30-26(34)31-16-10-5-11-17-31)23(21-12-6-3-7-13-21)22-14-8-4-9-15-22/h3-4,6-9,12-15,18,23H,5,10-11,16-17H2,1-2H3,(H,30,34)(H,32,33)/t27-/m1/s1. The van der Waals surface area contributed by atoms with E-state index in [0.29, 0.717) is 35.6 Å². The van der Waals surface area contributed by atoms with E-state index in [9.17, 15) is 14.7 Å². The van der Waals surface area contributed by atoms with Crippen molar-refractivity contribution in [2.45, 2.75) is 44.8 Å². The molecule has 0 aliphatic carbocycles. The number of carboxylic acid groups (broad SMARTS) is 1. The van der Waals surface area contributed by atoms with Crippen LogP contribution in [0, 0.1) is 13.8 Å². The summed E-state index contributed by atoms with van der Waals surface area (Å²) in [5.41, 5.74) is 0.390. The predicted octanol–water partition coefficient (Wildman–Crippen LogP) is 4.28. The second-order valence-electron chi connectivity index (χ2n) is 8.81. The predicted molar refractivity (Wildman–Crippen MR) is 131 cm³/mol. The molecular weight excluding hydrogens is 444 g/mol. The van der Waals surface area contributed by atoms with Crippen LogP contribution in [0.15, 0.2) is 66.7 Å².